The Morgan fingerprint density at radius 3 is 2.40 bits per heavy atom. The Balaban J connectivity index is 1.47. The number of carbonyl (C=O) groups excluding carboxylic acids is 1. The number of carbonyl (C=O) groups is 1. The number of benzene rings is 3. The number of rotatable bonds is 8. The second-order valence-electron chi connectivity index (χ2n) is 11.7. The number of nitrogens with zero attached hydrogens (tertiary/aromatic N) is 1. The van der Waals surface area contributed by atoms with E-state index in [2.05, 4.69) is 40.7 Å². The van der Waals surface area contributed by atoms with E-state index >= 15 is 0 Å². The number of morpholine rings is 1. The van der Waals surface area contributed by atoms with E-state index in [0.29, 0.717) is 52.6 Å². The summed E-state index contributed by atoms with van der Waals surface area (Å²) in [7, 11) is -3.84. The van der Waals surface area contributed by atoms with Crippen LogP contribution in [0.15, 0.2) is 65.6 Å². The Hall–Kier alpha value is -3.37. The number of nitrogens with one attached hydrogen (secondary N) is 3. The highest BCUT2D eigenvalue weighted by Crippen LogP contribution is 2.36. The van der Waals surface area contributed by atoms with Crippen molar-refractivity contribution in [3.8, 4) is 11.1 Å². The summed E-state index contributed by atoms with van der Waals surface area (Å²) in [6.45, 7) is 12.5. The van der Waals surface area contributed by atoms with Gasteiger partial charge in [-0.1, -0.05) is 56.6 Å². The summed E-state index contributed by atoms with van der Waals surface area (Å²) in [5.41, 5.74) is 4.79. The van der Waals surface area contributed by atoms with Crippen LogP contribution in [0.1, 0.15) is 42.4 Å². The fourth-order valence-electron chi connectivity index (χ4n) is 5.06. The fourth-order valence-corrected chi connectivity index (χ4v) is 6.29. The van der Waals surface area contributed by atoms with Gasteiger partial charge >= 0.3 is 0 Å². The number of aromatic nitrogens is 1. The lowest BCUT2D eigenvalue weighted by Gasteiger charge is -2.26. The lowest BCUT2D eigenvalue weighted by molar-refractivity contribution is 0.0383. The second-order valence-corrected chi connectivity index (χ2v) is 13.8. The van der Waals surface area contributed by atoms with Crippen molar-refractivity contribution in [2.75, 3.05) is 44.1 Å². The van der Waals surface area contributed by atoms with Crippen LogP contribution in [0.5, 0.6) is 0 Å². The van der Waals surface area contributed by atoms with E-state index in [-0.39, 0.29) is 16.2 Å². The molecule has 0 radical (unpaired) electrons. The van der Waals surface area contributed by atoms with Crippen LogP contribution in [-0.2, 0) is 20.2 Å². The number of fused-ring (bicyclic) bond motifs is 1. The first-order valence-corrected chi connectivity index (χ1v) is 15.9. The van der Waals surface area contributed by atoms with E-state index in [1.807, 2.05) is 37.3 Å². The molecule has 10 heteroatoms. The summed E-state index contributed by atoms with van der Waals surface area (Å²) < 4.78 is 34.7. The average Bonchev–Trinajstić information content (AvgIpc) is 3.33. The van der Waals surface area contributed by atoms with Gasteiger partial charge in [0.05, 0.1) is 18.1 Å². The van der Waals surface area contributed by atoms with Crippen molar-refractivity contribution in [1.82, 2.24) is 15.2 Å². The van der Waals surface area contributed by atoms with Crippen LogP contribution in [0.25, 0.3) is 22.0 Å². The minimum atomic E-state index is -3.84. The van der Waals surface area contributed by atoms with Crippen LogP contribution >= 0.6 is 11.6 Å². The molecule has 222 valence electrons. The molecule has 4 aromatic rings. The number of halogens is 1. The third-order valence-electron chi connectivity index (χ3n) is 7.59. The highest BCUT2D eigenvalue weighted by Gasteiger charge is 2.22. The van der Waals surface area contributed by atoms with Gasteiger partial charge in [-0.2, -0.15) is 0 Å². The zero-order valence-electron chi connectivity index (χ0n) is 24.4. The molecular formula is C32H37ClN4O4S. The first kappa shape index (κ1) is 30.1. The molecule has 0 spiro atoms. The molecule has 1 amide bonds. The maximum absolute atomic E-state index is 13.5. The van der Waals surface area contributed by atoms with Gasteiger partial charge in [-0.15, -0.1) is 0 Å². The Morgan fingerprint density at radius 1 is 1.02 bits per heavy atom. The topological polar surface area (TPSA) is 104 Å². The monoisotopic (exact) mass is 608 g/mol. The van der Waals surface area contributed by atoms with E-state index in [1.54, 1.807) is 30.3 Å². The van der Waals surface area contributed by atoms with Crippen LogP contribution in [0.2, 0.25) is 5.02 Å². The van der Waals surface area contributed by atoms with Crippen LogP contribution in [0.4, 0.5) is 5.69 Å². The molecule has 1 fully saturated rings. The van der Waals surface area contributed by atoms with E-state index < -0.39 is 10.0 Å². The molecule has 8 nitrogen and oxygen atoms in total. The number of sulfonamides is 1. The summed E-state index contributed by atoms with van der Waals surface area (Å²) in [5, 5.41) is 4.32. The molecule has 0 bridgehead atoms. The molecule has 0 aliphatic carbocycles. The molecular weight excluding hydrogens is 572 g/mol. The molecule has 1 saturated heterocycles. The summed E-state index contributed by atoms with van der Waals surface area (Å²) in [5.74, 6) is -0.243. The highest BCUT2D eigenvalue weighted by atomic mass is 35.5. The molecule has 1 aliphatic rings. The standard InChI is InChI=1S/C32H37ClN4O4S/c1-21-5-6-22(19-27(21)33)29-26-20-24(36-42(39,40)25-10-7-23(8-11-25)32(2,3)4)9-12-28(26)35-30(29)31(38)34-13-14-37-15-17-41-18-16-37/h5-12,19-20,35-36H,13-18H2,1-4H3,(H,34,38). The van der Waals surface area contributed by atoms with Gasteiger partial charge in [0.2, 0.25) is 0 Å². The number of hydrogen-bond donors (Lipinski definition) is 3. The van der Waals surface area contributed by atoms with Crippen LogP contribution < -0.4 is 10.0 Å². The van der Waals surface area contributed by atoms with Crippen molar-refractivity contribution in [2.45, 2.75) is 38.0 Å². The van der Waals surface area contributed by atoms with Crippen molar-refractivity contribution in [1.29, 1.82) is 0 Å². The zero-order chi connectivity index (χ0) is 30.1. The van der Waals surface area contributed by atoms with Crippen LogP contribution in [0.3, 0.4) is 0 Å². The van der Waals surface area contributed by atoms with Crippen molar-refractivity contribution >= 4 is 44.1 Å². The Labute approximate surface area is 252 Å². The van der Waals surface area contributed by atoms with E-state index in [1.165, 1.54) is 0 Å². The number of anilines is 1. The normalized spacial score (nSPS) is 14.7. The van der Waals surface area contributed by atoms with Gasteiger partial charge in [0.1, 0.15) is 5.69 Å². The highest BCUT2D eigenvalue weighted by molar-refractivity contribution is 7.92. The molecule has 0 atom stereocenters. The number of ether oxygens (including phenoxy) is 1. The number of amides is 1. The third-order valence-corrected chi connectivity index (χ3v) is 9.39. The van der Waals surface area contributed by atoms with Crippen LogP contribution in [-0.4, -0.2) is 63.6 Å². The zero-order valence-corrected chi connectivity index (χ0v) is 26.0. The summed E-state index contributed by atoms with van der Waals surface area (Å²) in [6.07, 6.45) is 0. The molecule has 1 aromatic heterocycles. The molecule has 1 aliphatic heterocycles. The summed E-state index contributed by atoms with van der Waals surface area (Å²) in [4.78, 5) is 19.2. The second kappa shape index (κ2) is 12.1. The predicted molar refractivity (Wildman–Crippen MR) is 169 cm³/mol. The van der Waals surface area contributed by atoms with Crippen LogP contribution in [0, 0.1) is 6.92 Å². The van der Waals surface area contributed by atoms with Gasteiger partial charge in [-0.05, 0) is 65.4 Å². The molecule has 5 rings (SSSR count). The number of H-pyrrole nitrogens is 1. The van der Waals surface area contributed by atoms with E-state index in [0.717, 1.165) is 36.3 Å². The molecule has 3 aromatic carbocycles. The van der Waals surface area contributed by atoms with Crippen molar-refractivity contribution in [3.05, 3.63) is 82.5 Å². The average molecular weight is 609 g/mol. The maximum atomic E-state index is 13.5. The molecule has 0 saturated carbocycles. The first-order chi connectivity index (χ1) is 19.9. The Bertz CT molecular complexity index is 1700. The largest absolute Gasteiger partial charge is 0.379 e. The maximum Gasteiger partial charge on any atom is 0.268 e. The van der Waals surface area contributed by atoms with Gasteiger partial charge in [-0.3, -0.25) is 14.4 Å². The molecule has 2 heterocycles. The minimum Gasteiger partial charge on any atom is -0.379 e. The number of hydrogen-bond acceptors (Lipinski definition) is 5. The van der Waals surface area contributed by atoms with Gasteiger partial charge < -0.3 is 15.0 Å². The predicted octanol–water partition coefficient (Wildman–Crippen LogP) is 5.96. The minimum absolute atomic E-state index is 0.0865. The van der Waals surface area contributed by atoms with Crippen molar-refractivity contribution in [3.63, 3.8) is 0 Å². The van der Waals surface area contributed by atoms with E-state index in [4.69, 9.17) is 16.3 Å². The number of aromatic amines is 1. The van der Waals surface area contributed by atoms with E-state index in [9.17, 15) is 13.2 Å². The Kier molecular flexibility index (Phi) is 8.66. The lowest BCUT2D eigenvalue weighted by Crippen LogP contribution is -2.41. The van der Waals surface area contributed by atoms with Gasteiger partial charge in [0.15, 0.2) is 0 Å². The smallest absolute Gasteiger partial charge is 0.268 e. The quantitative estimate of drug-likeness (QED) is 0.229. The fraction of sp³-hybridized carbons (Fsp3) is 0.344. The molecule has 0 unspecified atom stereocenters. The van der Waals surface area contributed by atoms with Gasteiger partial charge in [0.25, 0.3) is 15.9 Å². The summed E-state index contributed by atoms with van der Waals surface area (Å²) >= 11 is 6.49. The third kappa shape index (κ3) is 6.65. The Morgan fingerprint density at radius 2 is 1.74 bits per heavy atom. The van der Waals surface area contributed by atoms with Crippen molar-refractivity contribution < 1.29 is 17.9 Å². The lowest BCUT2D eigenvalue weighted by atomic mass is 9.87. The molecule has 3 N–H and O–H groups in total. The SMILES string of the molecule is Cc1ccc(-c2c(C(=O)NCCN3CCOCC3)[nH]c3ccc(NS(=O)(=O)c4ccc(C(C)(C)C)cc4)cc23)cc1Cl. The van der Waals surface area contributed by atoms with Gasteiger partial charge in [-0.25, -0.2) is 8.42 Å². The van der Waals surface area contributed by atoms with Crippen molar-refractivity contribution in [2.24, 2.45) is 0 Å². The summed E-state index contributed by atoms with van der Waals surface area (Å²) in [6, 6.07) is 17.8. The molecule has 42 heavy (non-hydrogen) atoms. The van der Waals surface area contributed by atoms with Gasteiger partial charge in [0, 0.05) is 53.4 Å². The number of aryl methyl sites for hydroxylation is 1. The first-order valence-electron chi connectivity index (χ1n) is 14.1.